The van der Waals surface area contributed by atoms with Crippen LogP contribution < -0.4 is 4.74 Å². The van der Waals surface area contributed by atoms with E-state index < -0.39 is 5.97 Å². The van der Waals surface area contributed by atoms with Crippen molar-refractivity contribution >= 4 is 28.5 Å². The number of benzene rings is 1. The monoisotopic (exact) mass is 391 g/mol. The van der Waals surface area contributed by atoms with Crippen LogP contribution in [-0.2, 0) is 4.74 Å². The minimum atomic E-state index is -0.451. The predicted octanol–water partition coefficient (Wildman–Crippen LogP) is 4.97. The van der Waals surface area contributed by atoms with Gasteiger partial charge in [0.25, 0.3) is 0 Å². The van der Waals surface area contributed by atoms with Gasteiger partial charge in [0, 0.05) is 36.1 Å². The third kappa shape index (κ3) is 3.67. The maximum absolute atomic E-state index is 12.1. The molecule has 0 amide bonds. The predicted molar refractivity (Wildman–Crippen MR) is 105 cm³/mol. The Kier molecular flexibility index (Phi) is 5.33. The number of rotatable bonds is 5. The standard InChI is InChI=1S/C21H26ClNO4/c1-3-25-21(24)20-13(2)16-11-17(22)19(12-18(16)27-20)26-15-7-9-23(10-8-15)14-5-4-6-14/h11-12,14-15H,3-10H2,1-2H3. The maximum Gasteiger partial charge on any atom is 0.374 e. The quantitative estimate of drug-likeness (QED) is 0.673. The number of hydrogen-bond acceptors (Lipinski definition) is 5. The highest BCUT2D eigenvalue weighted by Gasteiger charge is 2.30. The highest BCUT2D eigenvalue weighted by molar-refractivity contribution is 6.33. The second-order valence-corrected chi connectivity index (χ2v) is 7.90. The van der Waals surface area contributed by atoms with Crippen molar-refractivity contribution in [3.8, 4) is 5.75 Å². The number of aryl methyl sites for hydroxylation is 1. The fraction of sp³-hybridized carbons (Fsp3) is 0.571. The van der Waals surface area contributed by atoms with Gasteiger partial charge in [-0.2, -0.15) is 0 Å². The van der Waals surface area contributed by atoms with Gasteiger partial charge < -0.3 is 18.8 Å². The van der Waals surface area contributed by atoms with Crippen molar-refractivity contribution in [3.05, 3.63) is 28.5 Å². The normalized spacial score (nSPS) is 19.2. The lowest BCUT2D eigenvalue weighted by molar-refractivity contribution is 0.0486. The van der Waals surface area contributed by atoms with Crippen LogP contribution in [0.5, 0.6) is 5.75 Å². The highest BCUT2D eigenvalue weighted by Crippen LogP contribution is 2.36. The van der Waals surface area contributed by atoms with Gasteiger partial charge >= 0.3 is 5.97 Å². The molecule has 0 unspecified atom stereocenters. The number of esters is 1. The molecule has 0 N–H and O–H groups in total. The number of hydrogen-bond donors (Lipinski definition) is 0. The SMILES string of the molecule is CCOC(=O)c1oc2cc(OC3CCN(C4CCC4)CC3)c(Cl)cc2c1C. The van der Waals surface area contributed by atoms with Crippen LogP contribution in [0.4, 0.5) is 0 Å². The molecule has 4 rings (SSSR count). The Morgan fingerprint density at radius 3 is 2.63 bits per heavy atom. The minimum Gasteiger partial charge on any atom is -0.489 e. The van der Waals surface area contributed by atoms with Gasteiger partial charge in [-0.15, -0.1) is 0 Å². The van der Waals surface area contributed by atoms with Gasteiger partial charge in [0.2, 0.25) is 5.76 Å². The molecular weight excluding hydrogens is 366 g/mol. The molecular formula is C21H26ClNO4. The first-order valence-electron chi connectivity index (χ1n) is 9.87. The van der Waals surface area contributed by atoms with E-state index in [1.807, 2.05) is 13.0 Å². The molecule has 1 aliphatic carbocycles. The molecule has 1 saturated carbocycles. The zero-order valence-corrected chi connectivity index (χ0v) is 16.7. The van der Waals surface area contributed by atoms with E-state index in [1.54, 1.807) is 13.0 Å². The number of fused-ring (bicyclic) bond motifs is 1. The fourth-order valence-electron chi connectivity index (χ4n) is 3.99. The van der Waals surface area contributed by atoms with Gasteiger partial charge in [-0.05, 0) is 45.6 Å². The number of nitrogens with zero attached hydrogens (tertiary/aromatic N) is 1. The molecule has 0 spiro atoms. The molecule has 6 heteroatoms. The van der Waals surface area contributed by atoms with Gasteiger partial charge in [0.15, 0.2) is 0 Å². The van der Waals surface area contributed by atoms with Crippen LogP contribution >= 0.6 is 11.6 Å². The van der Waals surface area contributed by atoms with E-state index in [4.69, 9.17) is 25.5 Å². The number of piperidine rings is 1. The summed E-state index contributed by atoms with van der Waals surface area (Å²) >= 11 is 6.46. The van der Waals surface area contributed by atoms with Crippen LogP contribution in [0, 0.1) is 6.92 Å². The topological polar surface area (TPSA) is 51.9 Å². The Balaban J connectivity index is 1.49. The number of halogens is 1. The van der Waals surface area contributed by atoms with Crippen molar-refractivity contribution in [2.75, 3.05) is 19.7 Å². The Hall–Kier alpha value is -1.72. The number of likely N-dealkylation sites (tertiary alicyclic amines) is 1. The summed E-state index contributed by atoms with van der Waals surface area (Å²) in [5, 5.41) is 1.36. The summed E-state index contributed by atoms with van der Waals surface area (Å²) in [5.74, 6) is 0.400. The molecule has 2 fully saturated rings. The van der Waals surface area contributed by atoms with Crippen LogP contribution in [-0.4, -0.2) is 42.7 Å². The van der Waals surface area contributed by atoms with Crippen molar-refractivity contribution in [1.29, 1.82) is 0 Å². The number of carbonyl (C=O) groups is 1. The Morgan fingerprint density at radius 1 is 1.26 bits per heavy atom. The second-order valence-electron chi connectivity index (χ2n) is 7.49. The lowest BCUT2D eigenvalue weighted by Crippen LogP contribution is -2.46. The van der Waals surface area contributed by atoms with Crippen molar-refractivity contribution in [3.63, 3.8) is 0 Å². The van der Waals surface area contributed by atoms with Gasteiger partial charge in [-0.1, -0.05) is 18.0 Å². The molecule has 1 aliphatic heterocycles. The first-order chi connectivity index (χ1) is 13.1. The van der Waals surface area contributed by atoms with Crippen LogP contribution in [0.1, 0.15) is 55.1 Å². The zero-order chi connectivity index (χ0) is 19.0. The zero-order valence-electron chi connectivity index (χ0n) is 15.9. The first kappa shape index (κ1) is 18.6. The second kappa shape index (κ2) is 7.72. The summed E-state index contributed by atoms with van der Waals surface area (Å²) in [6, 6.07) is 4.40. The lowest BCUT2D eigenvalue weighted by Gasteiger charge is -2.41. The molecule has 1 saturated heterocycles. The summed E-state index contributed by atoms with van der Waals surface area (Å²) in [6.45, 7) is 6.09. The van der Waals surface area contributed by atoms with E-state index in [9.17, 15) is 4.79 Å². The van der Waals surface area contributed by atoms with Crippen molar-refractivity contribution in [1.82, 2.24) is 4.90 Å². The summed E-state index contributed by atoms with van der Waals surface area (Å²) in [7, 11) is 0. The fourth-order valence-corrected chi connectivity index (χ4v) is 4.20. The summed E-state index contributed by atoms with van der Waals surface area (Å²) in [4.78, 5) is 14.6. The van der Waals surface area contributed by atoms with E-state index in [2.05, 4.69) is 4.90 Å². The van der Waals surface area contributed by atoms with Crippen LogP contribution in [0.25, 0.3) is 11.0 Å². The van der Waals surface area contributed by atoms with E-state index in [0.29, 0.717) is 23.0 Å². The summed E-state index contributed by atoms with van der Waals surface area (Å²) < 4.78 is 17.0. The molecule has 0 atom stereocenters. The molecule has 1 aromatic carbocycles. The van der Waals surface area contributed by atoms with Crippen molar-refractivity contribution in [2.24, 2.45) is 0 Å². The number of carbonyl (C=O) groups excluding carboxylic acids is 1. The molecule has 5 nitrogen and oxygen atoms in total. The average molecular weight is 392 g/mol. The molecule has 2 aromatic rings. The Bertz CT molecular complexity index is 834. The highest BCUT2D eigenvalue weighted by atomic mass is 35.5. The van der Waals surface area contributed by atoms with Crippen LogP contribution in [0.2, 0.25) is 5.02 Å². The number of ether oxygens (including phenoxy) is 2. The van der Waals surface area contributed by atoms with Gasteiger partial charge in [-0.3, -0.25) is 0 Å². The molecule has 1 aromatic heterocycles. The molecule has 2 heterocycles. The van der Waals surface area contributed by atoms with E-state index in [1.165, 1.54) is 19.3 Å². The first-order valence-corrected chi connectivity index (χ1v) is 10.2. The van der Waals surface area contributed by atoms with E-state index >= 15 is 0 Å². The van der Waals surface area contributed by atoms with Crippen molar-refractivity contribution in [2.45, 2.75) is 58.1 Å². The Labute approximate surface area is 164 Å². The van der Waals surface area contributed by atoms with Crippen molar-refractivity contribution < 1.29 is 18.7 Å². The smallest absolute Gasteiger partial charge is 0.374 e. The minimum absolute atomic E-state index is 0.164. The largest absolute Gasteiger partial charge is 0.489 e. The van der Waals surface area contributed by atoms with Crippen LogP contribution in [0.3, 0.4) is 0 Å². The average Bonchev–Trinajstić information content (AvgIpc) is 2.92. The maximum atomic E-state index is 12.1. The molecule has 0 radical (unpaired) electrons. The van der Waals surface area contributed by atoms with Crippen LogP contribution in [0.15, 0.2) is 16.5 Å². The van der Waals surface area contributed by atoms with E-state index in [-0.39, 0.29) is 11.9 Å². The summed E-state index contributed by atoms with van der Waals surface area (Å²) in [6.07, 6.45) is 6.24. The third-order valence-corrected chi connectivity index (χ3v) is 6.11. The van der Waals surface area contributed by atoms with Gasteiger partial charge in [0.05, 0.1) is 11.6 Å². The number of furan rings is 1. The Morgan fingerprint density at radius 2 is 2.00 bits per heavy atom. The molecule has 0 bridgehead atoms. The van der Waals surface area contributed by atoms with Gasteiger partial charge in [-0.25, -0.2) is 4.79 Å². The van der Waals surface area contributed by atoms with Gasteiger partial charge in [0.1, 0.15) is 17.4 Å². The molecule has 27 heavy (non-hydrogen) atoms. The van der Waals surface area contributed by atoms with E-state index in [0.717, 1.165) is 42.9 Å². The molecule has 2 aliphatic rings. The lowest BCUT2D eigenvalue weighted by atomic mass is 9.90. The summed E-state index contributed by atoms with van der Waals surface area (Å²) in [5.41, 5.74) is 1.34. The molecule has 146 valence electrons. The third-order valence-electron chi connectivity index (χ3n) is 5.81.